The molecule has 0 radical (unpaired) electrons. The molecule has 1 heterocycles. The van der Waals surface area contributed by atoms with E-state index in [1.54, 1.807) is 6.07 Å². The second kappa shape index (κ2) is 7.72. The van der Waals surface area contributed by atoms with Gasteiger partial charge >= 0.3 is 0 Å². The monoisotopic (exact) mass is 342 g/mol. The topological polar surface area (TPSA) is 85.3 Å². The van der Waals surface area contributed by atoms with E-state index in [9.17, 15) is 9.59 Å². The molecule has 1 fully saturated rings. The molecular weight excluding hydrogens is 316 g/mol. The molecule has 0 aliphatic heterocycles. The number of unbranched alkanes of at least 4 members (excludes halogenated alkanes) is 1. The van der Waals surface area contributed by atoms with Crippen molar-refractivity contribution in [2.75, 3.05) is 5.32 Å². The SMILES string of the molecule is CCCCC1CCC(C(=O)Nc2c(C(N)=O)oc3ccccc23)CC1. The van der Waals surface area contributed by atoms with Gasteiger partial charge in [0, 0.05) is 11.3 Å². The van der Waals surface area contributed by atoms with Gasteiger partial charge in [-0.3, -0.25) is 9.59 Å². The number of rotatable bonds is 6. The number of furan rings is 1. The number of nitrogens with one attached hydrogen (secondary N) is 1. The Balaban J connectivity index is 1.70. The number of anilines is 1. The number of amides is 2. The van der Waals surface area contributed by atoms with Gasteiger partial charge in [-0.2, -0.15) is 0 Å². The van der Waals surface area contributed by atoms with Crippen molar-refractivity contribution < 1.29 is 14.0 Å². The van der Waals surface area contributed by atoms with Crippen LogP contribution in [0.4, 0.5) is 5.69 Å². The largest absolute Gasteiger partial charge is 0.449 e. The van der Waals surface area contributed by atoms with Gasteiger partial charge in [0.2, 0.25) is 11.7 Å². The van der Waals surface area contributed by atoms with Crippen molar-refractivity contribution >= 4 is 28.5 Å². The van der Waals surface area contributed by atoms with E-state index < -0.39 is 5.91 Å². The van der Waals surface area contributed by atoms with E-state index >= 15 is 0 Å². The molecule has 1 aliphatic carbocycles. The molecule has 0 saturated heterocycles. The Hall–Kier alpha value is -2.30. The predicted molar refractivity (Wildman–Crippen MR) is 98.3 cm³/mol. The van der Waals surface area contributed by atoms with Crippen molar-refractivity contribution in [3.05, 3.63) is 30.0 Å². The molecule has 0 spiro atoms. The highest BCUT2D eigenvalue weighted by Crippen LogP contribution is 2.35. The summed E-state index contributed by atoms with van der Waals surface area (Å²) in [5.74, 6) is 0.0520. The summed E-state index contributed by atoms with van der Waals surface area (Å²) in [6.07, 6.45) is 7.78. The lowest BCUT2D eigenvalue weighted by molar-refractivity contribution is -0.121. The first kappa shape index (κ1) is 17.5. The average Bonchev–Trinajstić information content (AvgIpc) is 2.99. The third kappa shape index (κ3) is 3.86. The van der Waals surface area contributed by atoms with Gasteiger partial charge < -0.3 is 15.5 Å². The molecule has 0 atom stereocenters. The van der Waals surface area contributed by atoms with Crippen LogP contribution >= 0.6 is 0 Å². The maximum absolute atomic E-state index is 12.7. The van der Waals surface area contributed by atoms with Gasteiger partial charge in [0.1, 0.15) is 11.3 Å². The Morgan fingerprint density at radius 2 is 1.92 bits per heavy atom. The molecule has 25 heavy (non-hydrogen) atoms. The molecule has 1 saturated carbocycles. The van der Waals surface area contributed by atoms with Gasteiger partial charge in [0.25, 0.3) is 5.91 Å². The highest BCUT2D eigenvalue weighted by Gasteiger charge is 2.28. The van der Waals surface area contributed by atoms with Crippen molar-refractivity contribution in [2.24, 2.45) is 17.6 Å². The van der Waals surface area contributed by atoms with Crippen LogP contribution in [0.1, 0.15) is 62.4 Å². The van der Waals surface area contributed by atoms with Crippen molar-refractivity contribution in [3.63, 3.8) is 0 Å². The van der Waals surface area contributed by atoms with Crippen LogP contribution in [0.2, 0.25) is 0 Å². The lowest BCUT2D eigenvalue weighted by atomic mass is 9.79. The van der Waals surface area contributed by atoms with E-state index in [1.807, 2.05) is 18.2 Å². The molecule has 0 bridgehead atoms. The minimum Gasteiger partial charge on any atom is -0.449 e. The van der Waals surface area contributed by atoms with E-state index in [0.29, 0.717) is 16.7 Å². The molecule has 0 unspecified atom stereocenters. The lowest BCUT2D eigenvalue weighted by Crippen LogP contribution is -2.28. The predicted octanol–water partition coefficient (Wildman–Crippen LogP) is 4.47. The molecule has 5 heteroatoms. The standard InChI is InChI=1S/C20H26N2O3/c1-2-3-6-13-9-11-14(12-10-13)20(24)22-17-15-7-4-5-8-16(15)25-18(17)19(21)23/h4-5,7-8,13-14H,2-3,6,9-12H2,1H3,(H2,21,23)(H,22,24). The zero-order chi connectivity index (χ0) is 17.8. The molecule has 1 aromatic carbocycles. The van der Waals surface area contributed by atoms with Gasteiger partial charge in [0.05, 0.1) is 0 Å². The average molecular weight is 342 g/mol. The molecule has 3 rings (SSSR count). The first-order valence-electron chi connectivity index (χ1n) is 9.22. The van der Waals surface area contributed by atoms with E-state index in [0.717, 1.165) is 31.6 Å². The maximum atomic E-state index is 12.7. The number of primary amides is 1. The molecular formula is C20H26N2O3. The Labute approximate surface area is 147 Å². The third-order valence-electron chi connectivity index (χ3n) is 5.25. The number of fused-ring (bicyclic) bond motifs is 1. The highest BCUT2D eigenvalue weighted by molar-refractivity contribution is 6.10. The van der Waals surface area contributed by atoms with Gasteiger partial charge in [-0.25, -0.2) is 0 Å². The van der Waals surface area contributed by atoms with Gasteiger partial charge in [-0.15, -0.1) is 0 Å². The fraction of sp³-hybridized carbons (Fsp3) is 0.500. The van der Waals surface area contributed by atoms with Crippen LogP contribution in [0.15, 0.2) is 28.7 Å². The fourth-order valence-corrected chi connectivity index (χ4v) is 3.77. The molecule has 3 N–H and O–H groups in total. The third-order valence-corrected chi connectivity index (χ3v) is 5.25. The number of carbonyl (C=O) groups is 2. The van der Waals surface area contributed by atoms with E-state index in [1.165, 1.54) is 19.3 Å². The van der Waals surface area contributed by atoms with Crippen LogP contribution in [-0.2, 0) is 4.79 Å². The number of nitrogens with two attached hydrogens (primary N) is 1. The van der Waals surface area contributed by atoms with Gasteiger partial charge in [-0.1, -0.05) is 38.3 Å². The van der Waals surface area contributed by atoms with Crippen LogP contribution in [0, 0.1) is 11.8 Å². The number of hydrogen-bond acceptors (Lipinski definition) is 3. The molecule has 2 amide bonds. The normalized spacial score (nSPS) is 20.5. The van der Waals surface area contributed by atoms with E-state index in [2.05, 4.69) is 12.2 Å². The molecule has 5 nitrogen and oxygen atoms in total. The van der Waals surface area contributed by atoms with Crippen LogP contribution in [0.5, 0.6) is 0 Å². The lowest BCUT2D eigenvalue weighted by Gasteiger charge is -2.27. The van der Waals surface area contributed by atoms with E-state index in [4.69, 9.17) is 10.2 Å². The van der Waals surface area contributed by atoms with Crippen molar-refractivity contribution in [3.8, 4) is 0 Å². The van der Waals surface area contributed by atoms with E-state index in [-0.39, 0.29) is 17.6 Å². The second-order valence-corrected chi connectivity index (χ2v) is 7.02. The first-order chi connectivity index (χ1) is 12.1. The zero-order valence-electron chi connectivity index (χ0n) is 14.7. The molecule has 1 aromatic heterocycles. The Morgan fingerprint density at radius 1 is 1.20 bits per heavy atom. The fourth-order valence-electron chi connectivity index (χ4n) is 3.77. The maximum Gasteiger partial charge on any atom is 0.286 e. The summed E-state index contributed by atoms with van der Waals surface area (Å²) in [7, 11) is 0. The number of hydrogen-bond donors (Lipinski definition) is 2. The summed E-state index contributed by atoms with van der Waals surface area (Å²) < 4.78 is 5.52. The molecule has 2 aromatic rings. The molecule has 1 aliphatic rings. The smallest absolute Gasteiger partial charge is 0.286 e. The van der Waals surface area contributed by atoms with Crippen molar-refractivity contribution in [1.29, 1.82) is 0 Å². The summed E-state index contributed by atoms with van der Waals surface area (Å²) in [6, 6.07) is 7.25. The Morgan fingerprint density at radius 3 is 2.60 bits per heavy atom. The highest BCUT2D eigenvalue weighted by atomic mass is 16.3. The minimum atomic E-state index is -0.672. The summed E-state index contributed by atoms with van der Waals surface area (Å²) in [5.41, 5.74) is 6.37. The van der Waals surface area contributed by atoms with Crippen LogP contribution < -0.4 is 11.1 Å². The summed E-state index contributed by atoms with van der Waals surface area (Å²) in [6.45, 7) is 2.21. The quantitative estimate of drug-likeness (QED) is 0.812. The summed E-state index contributed by atoms with van der Waals surface area (Å²) in [4.78, 5) is 24.4. The zero-order valence-corrected chi connectivity index (χ0v) is 14.7. The Kier molecular flexibility index (Phi) is 5.41. The summed E-state index contributed by atoms with van der Waals surface area (Å²) >= 11 is 0. The Bertz CT molecular complexity index is 757. The minimum absolute atomic E-state index is 0.00716. The second-order valence-electron chi connectivity index (χ2n) is 7.02. The number of para-hydroxylation sites is 1. The van der Waals surface area contributed by atoms with Crippen molar-refractivity contribution in [1.82, 2.24) is 0 Å². The number of carbonyl (C=O) groups excluding carboxylic acids is 2. The molecule has 134 valence electrons. The van der Waals surface area contributed by atoms with Crippen LogP contribution in [0.3, 0.4) is 0 Å². The van der Waals surface area contributed by atoms with Crippen LogP contribution in [-0.4, -0.2) is 11.8 Å². The first-order valence-corrected chi connectivity index (χ1v) is 9.22. The number of benzene rings is 1. The van der Waals surface area contributed by atoms with Gasteiger partial charge in [0.15, 0.2) is 0 Å². The summed E-state index contributed by atoms with van der Waals surface area (Å²) in [5, 5.41) is 3.62. The van der Waals surface area contributed by atoms with Gasteiger partial charge in [-0.05, 0) is 43.7 Å². The van der Waals surface area contributed by atoms with Crippen molar-refractivity contribution in [2.45, 2.75) is 51.9 Å². The van der Waals surface area contributed by atoms with Crippen LogP contribution in [0.25, 0.3) is 11.0 Å².